The molecule has 1 atom stereocenters. The SMILES string of the molecule is [2H]C([2H])(NCCCCCCOCCCCc1ccccc1C)C([2H])(OC)c1cc(C(C)(C)O)c(OC)c(C)c1C. The molecule has 37 heavy (non-hydrogen) atoms. The minimum absolute atomic E-state index is 0.360. The summed E-state index contributed by atoms with van der Waals surface area (Å²) in [5.74, 6) is 0.534. The van der Waals surface area contributed by atoms with Gasteiger partial charge in [-0.3, -0.25) is 0 Å². The normalized spacial score (nSPS) is 15.1. The van der Waals surface area contributed by atoms with Crippen molar-refractivity contribution in [2.24, 2.45) is 0 Å². The second-order valence-electron chi connectivity index (χ2n) is 10.3. The predicted molar refractivity (Wildman–Crippen MR) is 154 cm³/mol. The number of hydrogen-bond donors (Lipinski definition) is 2. The summed E-state index contributed by atoms with van der Waals surface area (Å²) in [6.07, 6.45) is 4.98. The fourth-order valence-electron chi connectivity index (χ4n) is 4.50. The molecule has 2 aromatic carbocycles. The van der Waals surface area contributed by atoms with Crippen molar-refractivity contribution in [2.45, 2.75) is 91.2 Å². The number of rotatable bonds is 18. The highest BCUT2D eigenvalue weighted by Gasteiger charge is 2.27. The Labute approximate surface area is 230 Å². The average Bonchev–Trinajstić information content (AvgIpc) is 2.90. The van der Waals surface area contributed by atoms with E-state index < -0.39 is 18.2 Å². The Morgan fingerprint density at radius 1 is 0.973 bits per heavy atom. The Balaban J connectivity index is 1.79. The summed E-state index contributed by atoms with van der Waals surface area (Å²) in [5, 5.41) is 13.7. The van der Waals surface area contributed by atoms with Crippen molar-refractivity contribution in [3.8, 4) is 5.75 Å². The van der Waals surface area contributed by atoms with Gasteiger partial charge < -0.3 is 24.6 Å². The standard InChI is InChI=1S/C32H51NO4/c1-24-16-10-11-17-27(24)18-12-15-21-37-20-14-9-8-13-19-33-23-30(35-6)28-22-29(32(4,5)34)31(36-7)26(3)25(28)2/h10-11,16-17,22,30,33-34H,8-9,12-15,18-21,23H2,1-7H3/i23D2,30D. The third-order valence-electron chi connectivity index (χ3n) is 6.94. The molecule has 0 amide bonds. The summed E-state index contributed by atoms with van der Waals surface area (Å²) in [4.78, 5) is 0. The minimum atomic E-state index is -2.17. The molecule has 5 nitrogen and oxygen atoms in total. The lowest BCUT2D eigenvalue weighted by Crippen LogP contribution is -2.25. The fourth-order valence-corrected chi connectivity index (χ4v) is 4.50. The topological polar surface area (TPSA) is 60.0 Å². The summed E-state index contributed by atoms with van der Waals surface area (Å²) in [5.41, 5.74) is 3.83. The van der Waals surface area contributed by atoms with Crippen LogP contribution in [0, 0.1) is 20.8 Å². The number of benzene rings is 2. The summed E-state index contributed by atoms with van der Waals surface area (Å²) < 4.78 is 43.4. The third kappa shape index (κ3) is 10.0. The number of ether oxygens (including phenoxy) is 3. The smallest absolute Gasteiger partial charge is 0.128 e. The molecule has 0 fully saturated rings. The first-order valence-corrected chi connectivity index (χ1v) is 13.6. The van der Waals surface area contributed by atoms with Crippen molar-refractivity contribution < 1.29 is 23.4 Å². The molecule has 0 aromatic heterocycles. The maximum Gasteiger partial charge on any atom is 0.128 e. The highest BCUT2D eigenvalue weighted by molar-refractivity contribution is 5.52. The zero-order valence-electron chi connectivity index (χ0n) is 27.1. The van der Waals surface area contributed by atoms with Crippen LogP contribution in [0.2, 0.25) is 0 Å². The number of hydrogen-bond acceptors (Lipinski definition) is 5. The van der Waals surface area contributed by atoms with Gasteiger partial charge in [-0.1, -0.05) is 37.1 Å². The monoisotopic (exact) mass is 516 g/mol. The first-order chi connectivity index (χ1) is 18.8. The maximum absolute atomic E-state index is 10.7. The summed E-state index contributed by atoms with van der Waals surface area (Å²) in [6, 6.07) is 10.2. The first-order valence-electron chi connectivity index (χ1n) is 15.1. The Hall–Kier alpha value is -1.92. The molecule has 0 heterocycles. The van der Waals surface area contributed by atoms with Gasteiger partial charge in [-0.25, -0.2) is 0 Å². The van der Waals surface area contributed by atoms with E-state index in [1.165, 1.54) is 18.2 Å². The Morgan fingerprint density at radius 2 is 1.65 bits per heavy atom. The van der Waals surface area contributed by atoms with E-state index in [4.69, 9.17) is 18.3 Å². The van der Waals surface area contributed by atoms with E-state index in [0.29, 0.717) is 29.0 Å². The molecular weight excluding hydrogens is 462 g/mol. The van der Waals surface area contributed by atoms with E-state index in [1.807, 2.05) is 13.8 Å². The van der Waals surface area contributed by atoms with Gasteiger partial charge in [0.1, 0.15) is 5.75 Å². The van der Waals surface area contributed by atoms with Crippen LogP contribution in [0.25, 0.3) is 0 Å². The van der Waals surface area contributed by atoms with E-state index >= 15 is 0 Å². The van der Waals surface area contributed by atoms with Crippen molar-refractivity contribution in [1.82, 2.24) is 5.32 Å². The van der Waals surface area contributed by atoms with Gasteiger partial charge in [0.15, 0.2) is 0 Å². The minimum Gasteiger partial charge on any atom is -0.496 e. The molecular formula is C32H51NO4. The quantitative estimate of drug-likeness (QED) is 0.215. The molecule has 0 saturated carbocycles. The Bertz CT molecular complexity index is 1070. The van der Waals surface area contributed by atoms with Gasteiger partial charge in [-0.2, -0.15) is 0 Å². The lowest BCUT2D eigenvalue weighted by molar-refractivity contribution is 0.0739. The maximum atomic E-state index is 10.7. The number of unbranched alkanes of at least 4 members (excludes halogenated alkanes) is 4. The van der Waals surface area contributed by atoms with Crippen molar-refractivity contribution in [2.75, 3.05) is 40.5 Å². The van der Waals surface area contributed by atoms with Gasteiger partial charge >= 0.3 is 0 Å². The van der Waals surface area contributed by atoms with Crippen molar-refractivity contribution in [3.63, 3.8) is 0 Å². The van der Waals surface area contributed by atoms with Crippen LogP contribution in [0.1, 0.15) is 95.9 Å². The molecule has 2 aromatic rings. The van der Waals surface area contributed by atoms with Gasteiger partial charge in [0, 0.05) is 35.1 Å². The largest absolute Gasteiger partial charge is 0.496 e. The Kier molecular flexibility index (Phi) is 11.6. The van der Waals surface area contributed by atoms with Crippen LogP contribution in [0.15, 0.2) is 30.3 Å². The van der Waals surface area contributed by atoms with Gasteiger partial charge in [-0.05, 0) is 107 Å². The number of aryl methyl sites for hydroxylation is 2. The van der Waals surface area contributed by atoms with Crippen molar-refractivity contribution >= 4 is 0 Å². The van der Waals surface area contributed by atoms with Crippen LogP contribution < -0.4 is 10.1 Å². The van der Waals surface area contributed by atoms with E-state index in [9.17, 15) is 5.11 Å². The van der Waals surface area contributed by atoms with E-state index in [1.54, 1.807) is 27.0 Å². The third-order valence-corrected chi connectivity index (χ3v) is 6.94. The number of aliphatic hydroxyl groups is 1. The Morgan fingerprint density at radius 3 is 2.30 bits per heavy atom. The molecule has 0 spiro atoms. The molecule has 2 N–H and O–H groups in total. The van der Waals surface area contributed by atoms with Crippen molar-refractivity contribution in [3.05, 3.63) is 63.7 Å². The van der Waals surface area contributed by atoms with Gasteiger partial charge in [0.2, 0.25) is 0 Å². The van der Waals surface area contributed by atoms with Crippen LogP contribution in [-0.4, -0.2) is 45.6 Å². The fraction of sp³-hybridized carbons (Fsp3) is 0.625. The highest BCUT2D eigenvalue weighted by atomic mass is 16.5. The zero-order chi connectivity index (χ0) is 30.0. The lowest BCUT2D eigenvalue weighted by atomic mass is 9.88. The van der Waals surface area contributed by atoms with Crippen LogP contribution >= 0.6 is 0 Å². The highest BCUT2D eigenvalue weighted by Crippen LogP contribution is 2.38. The molecule has 0 radical (unpaired) electrons. The predicted octanol–water partition coefficient (Wildman–Crippen LogP) is 6.72. The number of nitrogens with one attached hydrogen (secondary N) is 1. The van der Waals surface area contributed by atoms with Gasteiger partial charge in [0.25, 0.3) is 0 Å². The molecule has 5 heteroatoms. The molecule has 0 bridgehead atoms. The molecule has 208 valence electrons. The van der Waals surface area contributed by atoms with Gasteiger partial charge in [0.05, 0.1) is 20.2 Å². The first kappa shape index (κ1) is 26.7. The van der Waals surface area contributed by atoms with Gasteiger partial charge in [-0.15, -0.1) is 0 Å². The molecule has 0 aliphatic carbocycles. The second kappa shape index (κ2) is 16.1. The lowest BCUT2D eigenvalue weighted by Gasteiger charge is -2.27. The van der Waals surface area contributed by atoms with Crippen LogP contribution in [-0.2, 0) is 21.5 Å². The summed E-state index contributed by atoms with van der Waals surface area (Å²) >= 11 is 0. The van der Waals surface area contributed by atoms with E-state index in [2.05, 4.69) is 36.5 Å². The van der Waals surface area contributed by atoms with E-state index in [-0.39, 0.29) is 0 Å². The molecule has 2 rings (SSSR count). The molecule has 0 aliphatic heterocycles. The van der Waals surface area contributed by atoms with Crippen molar-refractivity contribution in [1.29, 1.82) is 0 Å². The van der Waals surface area contributed by atoms with E-state index in [0.717, 1.165) is 63.7 Å². The molecule has 0 aliphatic rings. The van der Waals surface area contributed by atoms with Crippen LogP contribution in [0.3, 0.4) is 0 Å². The molecule has 0 saturated heterocycles. The molecule has 1 unspecified atom stereocenters. The summed E-state index contributed by atoms with van der Waals surface area (Å²) in [7, 11) is 2.89. The summed E-state index contributed by atoms with van der Waals surface area (Å²) in [6.45, 7) is 8.90. The number of methoxy groups -OCH3 is 2. The van der Waals surface area contributed by atoms with Crippen LogP contribution in [0.4, 0.5) is 0 Å². The average molecular weight is 517 g/mol. The second-order valence-corrected chi connectivity index (χ2v) is 10.3. The van der Waals surface area contributed by atoms with Crippen LogP contribution in [0.5, 0.6) is 5.75 Å². The zero-order valence-corrected chi connectivity index (χ0v) is 24.1.